The monoisotopic (exact) mass is 476 g/mol. The Hall–Kier alpha value is -3.81. The zero-order valence-corrected chi connectivity index (χ0v) is 20.7. The van der Waals surface area contributed by atoms with Gasteiger partial charge in [-0.3, -0.25) is 4.79 Å². The number of ether oxygens (including phenoxy) is 3. The first-order valence-corrected chi connectivity index (χ1v) is 11.8. The van der Waals surface area contributed by atoms with Crippen molar-refractivity contribution in [3.63, 3.8) is 0 Å². The van der Waals surface area contributed by atoms with E-state index in [0.717, 1.165) is 28.4 Å². The molecule has 2 heterocycles. The molecule has 1 atom stereocenters. The lowest BCUT2D eigenvalue weighted by Crippen LogP contribution is -2.41. The summed E-state index contributed by atoms with van der Waals surface area (Å²) in [5, 5.41) is 3.15. The number of hydrogen-bond acceptors (Lipinski definition) is 7. The third-order valence-corrected chi connectivity index (χ3v) is 6.37. The second kappa shape index (κ2) is 11.1. The van der Waals surface area contributed by atoms with Gasteiger partial charge in [-0.05, 0) is 56.5 Å². The highest BCUT2D eigenvalue weighted by atomic mass is 16.5. The van der Waals surface area contributed by atoms with Crippen molar-refractivity contribution >= 4 is 11.7 Å². The SMILES string of the molecule is COc1ccc(OC)c(C(C)NC(=O)C2CCN(c3nccnc3Oc3ccccc3C)CC2)c1. The lowest BCUT2D eigenvalue weighted by molar-refractivity contribution is -0.126. The van der Waals surface area contributed by atoms with Gasteiger partial charge in [0.05, 0.1) is 20.3 Å². The van der Waals surface area contributed by atoms with Gasteiger partial charge in [0.15, 0.2) is 5.82 Å². The summed E-state index contributed by atoms with van der Waals surface area (Å²) in [4.78, 5) is 24.2. The number of anilines is 1. The summed E-state index contributed by atoms with van der Waals surface area (Å²) in [5.74, 6) is 3.33. The van der Waals surface area contributed by atoms with Crippen LogP contribution in [-0.2, 0) is 4.79 Å². The molecule has 0 saturated carbocycles. The van der Waals surface area contributed by atoms with Crippen LogP contribution in [0, 0.1) is 12.8 Å². The van der Waals surface area contributed by atoms with E-state index < -0.39 is 0 Å². The lowest BCUT2D eigenvalue weighted by atomic mass is 9.95. The Balaban J connectivity index is 1.39. The van der Waals surface area contributed by atoms with Crippen LogP contribution in [-0.4, -0.2) is 43.2 Å². The van der Waals surface area contributed by atoms with Gasteiger partial charge >= 0.3 is 0 Å². The van der Waals surface area contributed by atoms with E-state index in [9.17, 15) is 4.79 Å². The fourth-order valence-corrected chi connectivity index (χ4v) is 4.32. The van der Waals surface area contributed by atoms with Crippen LogP contribution in [0.4, 0.5) is 5.82 Å². The summed E-state index contributed by atoms with van der Waals surface area (Å²) in [6.07, 6.45) is 4.73. The summed E-state index contributed by atoms with van der Waals surface area (Å²) in [6, 6.07) is 13.2. The van der Waals surface area contributed by atoms with E-state index >= 15 is 0 Å². The number of aryl methyl sites for hydroxylation is 1. The van der Waals surface area contributed by atoms with Crippen LogP contribution in [0.5, 0.6) is 23.1 Å². The number of hydrogen-bond donors (Lipinski definition) is 1. The van der Waals surface area contributed by atoms with Crippen molar-refractivity contribution in [3.8, 4) is 23.1 Å². The van der Waals surface area contributed by atoms with E-state index in [2.05, 4.69) is 20.2 Å². The van der Waals surface area contributed by atoms with Crippen molar-refractivity contribution in [2.75, 3.05) is 32.2 Å². The Morgan fingerprint density at radius 1 is 1.03 bits per heavy atom. The lowest BCUT2D eigenvalue weighted by Gasteiger charge is -2.33. The molecule has 35 heavy (non-hydrogen) atoms. The van der Waals surface area contributed by atoms with Crippen LogP contribution in [0.15, 0.2) is 54.9 Å². The number of carbonyl (C=O) groups is 1. The van der Waals surface area contributed by atoms with Gasteiger partial charge in [-0.15, -0.1) is 0 Å². The van der Waals surface area contributed by atoms with Crippen LogP contribution < -0.4 is 24.4 Å². The number of benzene rings is 2. The highest BCUT2D eigenvalue weighted by Crippen LogP contribution is 2.33. The number of methoxy groups -OCH3 is 2. The smallest absolute Gasteiger partial charge is 0.263 e. The molecule has 1 saturated heterocycles. The topological polar surface area (TPSA) is 85.8 Å². The first-order chi connectivity index (χ1) is 17.0. The fraction of sp³-hybridized carbons (Fsp3) is 0.370. The predicted octanol–water partition coefficient (Wildman–Crippen LogP) is 4.69. The average Bonchev–Trinajstić information content (AvgIpc) is 2.90. The van der Waals surface area contributed by atoms with Crippen LogP contribution >= 0.6 is 0 Å². The molecule has 1 fully saturated rings. The number of carbonyl (C=O) groups excluding carboxylic acids is 1. The molecule has 2 aromatic carbocycles. The van der Waals surface area contributed by atoms with Crippen molar-refractivity contribution in [2.24, 2.45) is 5.92 Å². The molecule has 0 bridgehead atoms. The molecule has 1 N–H and O–H groups in total. The van der Waals surface area contributed by atoms with Crippen LogP contribution in [0.2, 0.25) is 0 Å². The highest BCUT2D eigenvalue weighted by molar-refractivity contribution is 5.79. The molecule has 8 nitrogen and oxygen atoms in total. The van der Waals surface area contributed by atoms with Gasteiger partial charge in [-0.25, -0.2) is 9.97 Å². The third-order valence-electron chi connectivity index (χ3n) is 6.37. The number of aromatic nitrogens is 2. The summed E-state index contributed by atoms with van der Waals surface area (Å²) in [5.41, 5.74) is 1.91. The molecular formula is C27H32N4O4. The molecular weight excluding hydrogens is 444 g/mol. The van der Waals surface area contributed by atoms with E-state index in [1.54, 1.807) is 26.6 Å². The molecule has 0 radical (unpaired) electrons. The summed E-state index contributed by atoms with van der Waals surface area (Å²) < 4.78 is 16.9. The summed E-state index contributed by atoms with van der Waals surface area (Å²) in [7, 11) is 3.25. The number of nitrogens with zero attached hydrogens (tertiary/aromatic N) is 3. The number of rotatable bonds is 8. The molecule has 0 aliphatic carbocycles. The summed E-state index contributed by atoms with van der Waals surface area (Å²) >= 11 is 0. The minimum atomic E-state index is -0.209. The quantitative estimate of drug-likeness (QED) is 0.505. The predicted molar refractivity (Wildman–Crippen MR) is 134 cm³/mol. The molecule has 1 amide bonds. The number of nitrogens with one attached hydrogen (secondary N) is 1. The van der Waals surface area contributed by atoms with Gasteiger partial charge in [-0.2, -0.15) is 0 Å². The molecule has 3 aromatic rings. The van der Waals surface area contributed by atoms with Gasteiger partial charge in [0, 0.05) is 37.0 Å². The Morgan fingerprint density at radius 2 is 1.77 bits per heavy atom. The highest BCUT2D eigenvalue weighted by Gasteiger charge is 2.29. The average molecular weight is 477 g/mol. The van der Waals surface area contributed by atoms with Gasteiger partial charge < -0.3 is 24.4 Å². The molecule has 1 unspecified atom stereocenters. The van der Waals surface area contributed by atoms with Crippen molar-refractivity contribution < 1.29 is 19.0 Å². The van der Waals surface area contributed by atoms with E-state index in [0.29, 0.717) is 37.6 Å². The Morgan fingerprint density at radius 3 is 2.49 bits per heavy atom. The first kappa shape index (κ1) is 24.3. The molecule has 0 spiro atoms. The Kier molecular flexibility index (Phi) is 7.70. The maximum atomic E-state index is 13.1. The fourth-order valence-electron chi connectivity index (χ4n) is 4.32. The largest absolute Gasteiger partial charge is 0.497 e. The maximum Gasteiger partial charge on any atom is 0.263 e. The Labute approximate surface area is 206 Å². The number of piperidine rings is 1. The first-order valence-electron chi connectivity index (χ1n) is 11.8. The molecule has 8 heteroatoms. The molecule has 1 aromatic heterocycles. The van der Waals surface area contributed by atoms with Crippen molar-refractivity contribution in [1.29, 1.82) is 0 Å². The van der Waals surface area contributed by atoms with Crippen molar-refractivity contribution in [1.82, 2.24) is 15.3 Å². The summed E-state index contributed by atoms with van der Waals surface area (Å²) in [6.45, 7) is 5.34. The standard InChI is InChI=1S/C27H32N4O4/c1-18-7-5-6-8-23(18)35-27-25(28-13-14-29-27)31-15-11-20(12-16-31)26(32)30-19(2)22-17-21(33-3)9-10-24(22)34-4/h5-10,13-14,17,19-20H,11-12,15-16H2,1-4H3,(H,30,32). The molecule has 184 valence electrons. The molecule has 4 rings (SSSR count). The number of para-hydroxylation sites is 1. The van der Waals surface area contributed by atoms with E-state index in [1.807, 2.05) is 56.3 Å². The molecule has 1 aliphatic heterocycles. The number of amides is 1. The zero-order valence-electron chi connectivity index (χ0n) is 20.7. The second-order valence-electron chi connectivity index (χ2n) is 8.65. The van der Waals surface area contributed by atoms with Crippen molar-refractivity contribution in [2.45, 2.75) is 32.7 Å². The van der Waals surface area contributed by atoms with Crippen LogP contribution in [0.25, 0.3) is 0 Å². The van der Waals surface area contributed by atoms with E-state index in [1.165, 1.54) is 0 Å². The minimum absolute atomic E-state index is 0.0394. The normalized spacial score (nSPS) is 14.8. The van der Waals surface area contributed by atoms with Gasteiger partial charge in [-0.1, -0.05) is 18.2 Å². The third kappa shape index (κ3) is 5.65. The van der Waals surface area contributed by atoms with E-state index in [4.69, 9.17) is 14.2 Å². The molecule has 1 aliphatic rings. The van der Waals surface area contributed by atoms with Crippen LogP contribution in [0.3, 0.4) is 0 Å². The van der Waals surface area contributed by atoms with Gasteiger partial charge in [0.1, 0.15) is 17.2 Å². The van der Waals surface area contributed by atoms with Gasteiger partial charge in [0.25, 0.3) is 5.88 Å². The van der Waals surface area contributed by atoms with Crippen molar-refractivity contribution in [3.05, 3.63) is 66.0 Å². The maximum absolute atomic E-state index is 13.1. The van der Waals surface area contributed by atoms with Crippen LogP contribution in [0.1, 0.15) is 36.9 Å². The van der Waals surface area contributed by atoms with Gasteiger partial charge in [0.2, 0.25) is 5.91 Å². The zero-order chi connectivity index (χ0) is 24.8. The minimum Gasteiger partial charge on any atom is -0.497 e. The Bertz CT molecular complexity index is 1160. The van der Waals surface area contributed by atoms with E-state index in [-0.39, 0.29) is 17.9 Å². The second-order valence-corrected chi connectivity index (χ2v) is 8.65.